The van der Waals surface area contributed by atoms with Gasteiger partial charge in [-0.15, -0.1) is 0 Å². The summed E-state index contributed by atoms with van der Waals surface area (Å²) in [6.07, 6.45) is 6.34. The quantitative estimate of drug-likeness (QED) is 0.726. The fraction of sp³-hybridized carbons (Fsp3) is 0.647. The first-order valence-electron chi connectivity index (χ1n) is 7.98. The summed E-state index contributed by atoms with van der Waals surface area (Å²) in [7, 11) is 0. The molecule has 3 heteroatoms. The van der Waals surface area contributed by atoms with E-state index < -0.39 is 0 Å². The molecular formula is C17H27NO2. The van der Waals surface area contributed by atoms with E-state index in [2.05, 4.69) is 31.3 Å². The third-order valence-corrected chi connectivity index (χ3v) is 3.77. The molecule has 0 aliphatic carbocycles. The smallest absolute Gasteiger partial charge is 0.166 e. The number of hydrogen-bond donors (Lipinski definition) is 1. The van der Waals surface area contributed by atoms with E-state index in [1.165, 1.54) is 31.2 Å². The Hall–Kier alpha value is -1.22. The van der Waals surface area contributed by atoms with Crippen molar-refractivity contribution in [2.45, 2.75) is 52.0 Å². The topological polar surface area (TPSA) is 30.5 Å². The second kappa shape index (κ2) is 8.15. The van der Waals surface area contributed by atoms with Gasteiger partial charge in [0.15, 0.2) is 11.5 Å². The van der Waals surface area contributed by atoms with E-state index in [1.807, 2.05) is 6.07 Å². The van der Waals surface area contributed by atoms with E-state index in [9.17, 15) is 0 Å². The highest BCUT2D eigenvalue weighted by molar-refractivity contribution is 5.48. The summed E-state index contributed by atoms with van der Waals surface area (Å²) in [5.74, 6) is 1.84. The number of nitrogens with one attached hydrogen (secondary N) is 1. The van der Waals surface area contributed by atoms with Crippen LogP contribution in [0.2, 0.25) is 0 Å². The standard InChI is InChI=1S/C17H27NO2/c1-3-5-6-7-10-15(18-4-2)14-9-8-11-16-17(14)20-13-12-19-16/h8-9,11,15,18H,3-7,10,12-13H2,1-2H3. The molecule has 1 atom stereocenters. The van der Waals surface area contributed by atoms with Gasteiger partial charge in [-0.1, -0.05) is 51.7 Å². The van der Waals surface area contributed by atoms with Crippen molar-refractivity contribution in [3.05, 3.63) is 23.8 Å². The van der Waals surface area contributed by atoms with Crippen LogP contribution in [0.25, 0.3) is 0 Å². The third-order valence-electron chi connectivity index (χ3n) is 3.77. The Bertz CT molecular complexity index is 406. The van der Waals surface area contributed by atoms with E-state index in [-0.39, 0.29) is 0 Å². The van der Waals surface area contributed by atoms with Crippen LogP contribution < -0.4 is 14.8 Å². The molecule has 0 saturated carbocycles. The molecule has 0 bridgehead atoms. The highest BCUT2D eigenvalue weighted by Crippen LogP contribution is 2.38. The molecule has 0 saturated heterocycles. The maximum Gasteiger partial charge on any atom is 0.166 e. The van der Waals surface area contributed by atoms with Crippen LogP contribution in [0.4, 0.5) is 0 Å². The first-order valence-corrected chi connectivity index (χ1v) is 7.98. The molecule has 2 rings (SSSR count). The van der Waals surface area contributed by atoms with Crippen molar-refractivity contribution >= 4 is 0 Å². The van der Waals surface area contributed by atoms with Crippen molar-refractivity contribution < 1.29 is 9.47 Å². The molecule has 0 amide bonds. The van der Waals surface area contributed by atoms with Gasteiger partial charge in [0.2, 0.25) is 0 Å². The largest absolute Gasteiger partial charge is 0.486 e. The molecule has 1 aliphatic heterocycles. The minimum absolute atomic E-state index is 0.369. The third kappa shape index (κ3) is 3.89. The lowest BCUT2D eigenvalue weighted by molar-refractivity contribution is 0.168. The van der Waals surface area contributed by atoms with Gasteiger partial charge in [0, 0.05) is 11.6 Å². The molecule has 0 aromatic heterocycles. The molecule has 1 heterocycles. The SMILES string of the molecule is CCCCCCC(NCC)c1cccc2c1OCCO2. The van der Waals surface area contributed by atoms with Crippen LogP contribution in [0.3, 0.4) is 0 Å². The Morgan fingerprint density at radius 3 is 2.75 bits per heavy atom. The average molecular weight is 277 g/mol. The van der Waals surface area contributed by atoms with Gasteiger partial charge in [-0.05, 0) is 19.0 Å². The highest BCUT2D eigenvalue weighted by Gasteiger charge is 2.21. The van der Waals surface area contributed by atoms with Gasteiger partial charge >= 0.3 is 0 Å². The van der Waals surface area contributed by atoms with Crippen molar-refractivity contribution in [3.63, 3.8) is 0 Å². The summed E-state index contributed by atoms with van der Waals surface area (Å²) in [5.41, 5.74) is 1.25. The predicted molar refractivity (Wildman–Crippen MR) is 82.6 cm³/mol. The van der Waals surface area contributed by atoms with Crippen LogP contribution in [0, 0.1) is 0 Å². The van der Waals surface area contributed by atoms with Crippen LogP contribution in [-0.4, -0.2) is 19.8 Å². The van der Waals surface area contributed by atoms with Crippen LogP contribution in [0.5, 0.6) is 11.5 Å². The summed E-state index contributed by atoms with van der Waals surface area (Å²) in [6.45, 7) is 6.69. The molecule has 20 heavy (non-hydrogen) atoms. The molecule has 1 aromatic carbocycles. The summed E-state index contributed by atoms with van der Waals surface area (Å²) in [4.78, 5) is 0. The Kier molecular flexibility index (Phi) is 6.19. The molecule has 0 fully saturated rings. The first kappa shape index (κ1) is 15.2. The lowest BCUT2D eigenvalue weighted by Gasteiger charge is -2.25. The van der Waals surface area contributed by atoms with Crippen molar-refractivity contribution in [2.75, 3.05) is 19.8 Å². The molecule has 1 aromatic rings. The van der Waals surface area contributed by atoms with Crippen LogP contribution in [0.1, 0.15) is 57.6 Å². The van der Waals surface area contributed by atoms with Crippen LogP contribution in [0.15, 0.2) is 18.2 Å². The molecule has 112 valence electrons. The zero-order valence-electron chi connectivity index (χ0n) is 12.8. The predicted octanol–water partition coefficient (Wildman–Crippen LogP) is 4.08. The second-order valence-electron chi connectivity index (χ2n) is 5.33. The van der Waals surface area contributed by atoms with Gasteiger partial charge in [0.05, 0.1) is 0 Å². The lowest BCUT2D eigenvalue weighted by Crippen LogP contribution is -2.24. The Morgan fingerprint density at radius 1 is 1.10 bits per heavy atom. The summed E-state index contributed by atoms with van der Waals surface area (Å²) < 4.78 is 11.5. The molecule has 0 radical (unpaired) electrons. The molecule has 0 spiro atoms. The minimum atomic E-state index is 0.369. The number of rotatable bonds is 8. The molecular weight excluding hydrogens is 250 g/mol. The summed E-state index contributed by atoms with van der Waals surface area (Å²) in [6, 6.07) is 6.60. The molecule has 1 unspecified atom stereocenters. The van der Waals surface area contributed by atoms with Gasteiger partial charge in [-0.2, -0.15) is 0 Å². The van der Waals surface area contributed by atoms with E-state index >= 15 is 0 Å². The van der Waals surface area contributed by atoms with Crippen molar-refractivity contribution in [2.24, 2.45) is 0 Å². The normalized spacial score (nSPS) is 15.1. The average Bonchev–Trinajstić information content (AvgIpc) is 2.50. The van der Waals surface area contributed by atoms with E-state index in [4.69, 9.17) is 9.47 Å². The molecule has 1 aliphatic rings. The Labute approximate surface area is 122 Å². The van der Waals surface area contributed by atoms with E-state index in [0.717, 1.165) is 24.5 Å². The van der Waals surface area contributed by atoms with Gasteiger partial charge in [0.1, 0.15) is 13.2 Å². The van der Waals surface area contributed by atoms with Gasteiger partial charge in [0.25, 0.3) is 0 Å². The Balaban J connectivity index is 2.08. The highest BCUT2D eigenvalue weighted by atomic mass is 16.6. The maximum absolute atomic E-state index is 5.84. The van der Waals surface area contributed by atoms with Gasteiger partial charge < -0.3 is 14.8 Å². The number of benzene rings is 1. The molecule has 3 nitrogen and oxygen atoms in total. The van der Waals surface area contributed by atoms with Gasteiger partial charge in [-0.25, -0.2) is 0 Å². The van der Waals surface area contributed by atoms with Crippen LogP contribution >= 0.6 is 0 Å². The zero-order valence-corrected chi connectivity index (χ0v) is 12.8. The second-order valence-corrected chi connectivity index (χ2v) is 5.33. The van der Waals surface area contributed by atoms with Crippen molar-refractivity contribution in [1.29, 1.82) is 0 Å². The number of fused-ring (bicyclic) bond motifs is 1. The lowest BCUT2D eigenvalue weighted by atomic mass is 9.98. The maximum atomic E-state index is 5.84. The van der Waals surface area contributed by atoms with E-state index in [0.29, 0.717) is 19.3 Å². The van der Waals surface area contributed by atoms with Crippen molar-refractivity contribution in [3.8, 4) is 11.5 Å². The monoisotopic (exact) mass is 277 g/mol. The number of para-hydroxylation sites is 1. The number of hydrogen-bond acceptors (Lipinski definition) is 3. The minimum Gasteiger partial charge on any atom is -0.486 e. The van der Waals surface area contributed by atoms with Crippen LogP contribution in [-0.2, 0) is 0 Å². The van der Waals surface area contributed by atoms with Crippen molar-refractivity contribution in [1.82, 2.24) is 5.32 Å². The zero-order chi connectivity index (χ0) is 14.2. The fourth-order valence-corrected chi connectivity index (χ4v) is 2.76. The number of ether oxygens (including phenoxy) is 2. The first-order chi connectivity index (χ1) is 9.86. The van der Waals surface area contributed by atoms with E-state index in [1.54, 1.807) is 0 Å². The Morgan fingerprint density at radius 2 is 1.95 bits per heavy atom. The van der Waals surface area contributed by atoms with Gasteiger partial charge in [-0.3, -0.25) is 0 Å². The fourth-order valence-electron chi connectivity index (χ4n) is 2.76. The number of unbranched alkanes of at least 4 members (excludes halogenated alkanes) is 3. The molecule has 1 N–H and O–H groups in total. The summed E-state index contributed by atoms with van der Waals surface area (Å²) >= 11 is 0. The summed E-state index contributed by atoms with van der Waals surface area (Å²) in [5, 5.41) is 3.59.